The van der Waals surface area contributed by atoms with Crippen molar-refractivity contribution in [3.8, 4) is 0 Å². The van der Waals surface area contributed by atoms with Gasteiger partial charge in [-0.25, -0.2) is 4.79 Å². The average molecular weight is 166 g/mol. The fourth-order valence-electron chi connectivity index (χ4n) is 1.69. The summed E-state index contributed by atoms with van der Waals surface area (Å²) in [5, 5.41) is 0. The molecule has 0 unspecified atom stereocenters. The summed E-state index contributed by atoms with van der Waals surface area (Å²) in [6, 6.07) is 0. The third kappa shape index (κ3) is 1.15. The molecule has 0 amide bonds. The Labute approximate surface area is 70.4 Å². The van der Waals surface area contributed by atoms with Crippen LogP contribution in [0.25, 0.3) is 0 Å². The van der Waals surface area contributed by atoms with Crippen molar-refractivity contribution in [2.45, 2.75) is 32.1 Å². The molecule has 0 saturated carbocycles. The van der Waals surface area contributed by atoms with E-state index in [2.05, 4.69) is 0 Å². The summed E-state index contributed by atoms with van der Waals surface area (Å²) in [4.78, 5) is 21.8. The summed E-state index contributed by atoms with van der Waals surface area (Å²) in [6.45, 7) is 0. The van der Waals surface area contributed by atoms with Crippen LogP contribution in [0, 0.1) is 0 Å². The van der Waals surface area contributed by atoms with Gasteiger partial charge in [0.2, 0.25) is 5.78 Å². The van der Waals surface area contributed by atoms with Crippen molar-refractivity contribution in [3.05, 3.63) is 11.3 Å². The van der Waals surface area contributed by atoms with Gasteiger partial charge in [0.05, 0.1) is 0 Å². The van der Waals surface area contributed by atoms with Gasteiger partial charge in [-0.1, -0.05) is 0 Å². The Morgan fingerprint density at radius 3 is 2.67 bits per heavy atom. The van der Waals surface area contributed by atoms with Gasteiger partial charge in [0.25, 0.3) is 0 Å². The second kappa shape index (κ2) is 2.73. The molecule has 64 valence electrons. The van der Waals surface area contributed by atoms with Gasteiger partial charge in [-0.3, -0.25) is 4.79 Å². The van der Waals surface area contributed by atoms with Crippen LogP contribution >= 0.6 is 0 Å². The van der Waals surface area contributed by atoms with Gasteiger partial charge < -0.3 is 4.74 Å². The van der Waals surface area contributed by atoms with Gasteiger partial charge in [-0.15, -0.1) is 0 Å². The van der Waals surface area contributed by atoms with Gasteiger partial charge in [0.15, 0.2) is 0 Å². The zero-order chi connectivity index (χ0) is 8.55. The predicted octanol–water partition coefficient (Wildman–Crippen LogP) is 1.33. The SMILES string of the molecule is O=C1CC2=C(CCCC2)OC1=O. The van der Waals surface area contributed by atoms with E-state index in [1.54, 1.807) is 0 Å². The van der Waals surface area contributed by atoms with Gasteiger partial charge in [0.1, 0.15) is 5.76 Å². The minimum atomic E-state index is -0.671. The summed E-state index contributed by atoms with van der Waals surface area (Å²) in [6.07, 6.45) is 4.24. The number of carbonyl (C=O) groups excluding carboxylic acids is 2. The largest absolute Gasteiger partial charge is 0.425 e. The lowest BCUT2D eigenvalue weighted by Gasteiger charge is -2.22. The first-order valence-electron chi connectivity index (χ1n) is 4.23. The molecule has 1 aliphatic heterocycles. The van der Waals surface area contributed by atoms with Crippen molar-refractivity contribution >= 4 is 11.8 Å². The van der Waals surface area contributed by atoms with E-state index in [9.17, 15) is 9.59 Å². The molecule has 1 heterocycles. The second-order valence-electron chi connectivity index (χ2n) is 3.22. The van der Waals surface area contributed by atoms with Gasteiger partial charge >= 0.3 is 5.97 Å². The summed E-state index contributed by atoms with van der Waals surface area (Å²) < 4.78 is 4.89. The van der Waals surface area contributed by atoms with Crippen LogP contribution in [0.1, 0.15) is 32.1 Å². The second-order valence-corrected chi connectivity index (χ2v) is 3.22. The zero-order valence-electron chi connectivity index (χ0n) is 6.76. The van der Waals surface area contributed by atoms with Crippen LogP contribution < -0.4 is 0 Å². The van der Waals surface area contributed by atoms with Gasteiger partial charge in [-0.2, -0.15) is 0 Å². The third-order valence-electron chi connectivity index (χ3n) is 2.34. The lowest BCUT2D eigenvalue weighted by atomic mass is 9.92. The molecule has 12 heavy (non-hydrogen) atoms. The van der Waals surface area contributed by atoms with Gasteiger partial charge in [0, 0.05) is 12.8 Å². The van der Waals surface area contributed by atoms with E-state index in [-0.39, 0.29) is 0 Å². The molecule has 3 nitrogen and oxygen atoms in total. The van der Waals surface area contributed by atoms with Crippen molar-refractivity contribution in [2.75, 3.05) is 0 Å². The number of ketones is 1. The highest BCUT2D eigenvalue weighted by molar-refractivity contribution is 6.35. The molecule has 3 heteroatoms. The Bertz CT molecular complexity index is 247. The maximum Gasteiger partial charge on any atom is 0.380 e. The number of ether oxygens (including phenoxy) is 1. The number of Topliss-reactive ketones (excluding diaryl/α,β-unsaturated/α-hetero) is 1. The highest BCUT2D eigenvalue weighted by Crippen LogP contribution is 2.30. The van der Waals surface area contributed by atoms with Crippen LogP contribution in [0.3, 0.4) is 0 Å². The number of carbonyl (C=O) groups is 2. The number of hydrogen-bond acceptors (Lipinski definition) is 3. The Morgan fingerprint density at radius 2 is 1.83 bits per heavy atom. The Balaban J connectivity index is 2.26. The molecule has 0 aromatic heterocycles. The van der Waals surface area contributed by atoms with Gasteiger partial charge in [-0.05, 0) is 24.8 Å². The molecule has 0 N–H and O–H groups in total. The molecule has 0 aromatic carbocycles. The Kier molecular flexibility index (Phi) is 1.71. The number of esters is 1. The van der Waals surface area contributed by atoms with E-state index in [0.717, 1.165) is 37.0 Å². The first kappa shape index (κ1) is 7.53. The molecule has 0 radical (unpaired) electrons. The van der Waals surface area contributed by atoms with Crippen molar-refractivity contribution in [1.29, 1.82) is 0 Å². The summed E-state index contributed by atoms with van der Waals surface area (Å²) in [5.74, 6) is -0.294. The lowest BCUT2D eigenvalue weighted by molar-refractivity contribution is -0.152. The fourth-order valence-corrected chi connectivity index (χ4v) is 1.69. The van der Waals surface area contributed by atoms with Crippen molar-refractivity contribution in [3.63, 3.8) is 0 Å². The van der Waals surface area contributed by atoms with E-state index in [4.69, 9.17) is 4.74 Å². The van der Waals surface area contributed by atoms with Crippen LogP contribution in [0.2, 0.25) is 0 Å². The molecule has 0 atom stereocenters. The monoisotopic (exact) mass is 166 g/mol. The predicted molar refractivity (Wildman–Crippen MR) is 41.2 cm³/mol. The molecule has 0 aromatic rings. The average Bonchev–Trinajstić information content (AvgIpc) is 2.07. The maximum atomic E-state index is 10.9. The van der Waals surface area contributed by atoms with Crippen LogP contribution in [0.5, 0.6) is 0 Å². The number of hydrogen-bond donors (Lipinski definition) is 0. The highest BCUT2D eigenvalue weighted by Gasteiger charge is 2.28. The fraction of sp³-hybridized carbons (Fsp3) is 0.556. The molecule has 0 saturated heterocycles. The molecule has 0 bridgehead atoms. The first-order valence-corrected chi connectivity index (χ1v) is 4.23. The molecule has 1 aliphatic carbocycles. The van der Waals surface area contributed by atoms with E-state index in [0.29, 0.717) is 6.42 Å². The molecular weight excluding hydrogens is 156 g/mol. The zero-order valence-corrected chi connectivity index (χ0v) is 6.76. The Hall–Kier alpha value is -1.12. The number of allylic oxidation sites excluding steroid dienone is 2. The first-order chi connectivity index (χ1) is 5.77. The maximum absolute atomic E-state index is 10.9. The third-order valence-corrected chi connectivity index (χ3v) is 2.34. The summed E-state index contributed by atoms with van der Waals surface area (Å²) in [7, 11) is 0. The molecule has 2 rings (SSSR count). The quantitative estimate of drug-likeness (QED) is 0.402. The molecule has 0 spiro atoms. The summed E-state index contributed by atoms with van der Waals surface area (Å²) in [5.41, 5.74) is 1.05. The molecule has 2 aliphatic rings. The molecular formula is C9H10O3. The van der Waals surface area contributed by atoms with Crippen molar-refractivity contribution in [1.82, 2.24) is 0 Å². The van der Waals surface area contributed by atoms with Crippen molar-refractivity contribution < 1.29 is 14.3 Å². The highest BCUT2D eigenvalue weighted by atomic mass is 16.5. The van der Waals surface area contributed by atoms with E-state index >= 15 is 0 Å². The summed E-state index contributed by atoms with van der Waals surface area (Å²) >= 11 is 0. The topological polar surface area (TPSA) is 43.4 Å². The van der Waals surface area contributed by atoms with E-state index in [1.165, 1.54) is 0 Å². The minimum Gasteiger partial charge on any atom is -0.425 e. The Morgan fingerprint density at radius 1 is 1.08 bits per heavy atom. The normalized spacial score (nSPS) is 23.7. The van der Waals surface area contributed by atoms with E-state index < -0.39 is 11.8 Å². The van der Waals surface area contributed by atoms with Crippen LogP contribution in [-0.2, 0) is 14.3 Å². The standard InChI is InChI=1S/C9H10O3/c10-7-5-6-3-1-2-4-8(6)12-9(7)11/h1-5H2. The molecule has 0 fully saturated rings. The number of rotatable bonds is 0. The van der Waals surface area contributed by atoms with E-state index in [1.807, 2.05) is 0 Å². The minimum absolute atomic E-state index is 0.300. The van der Waals surface area contributed by atoms with Crippen molar-refractivity contribution in [2.24, 2.45) is 0 Å². The smallest absolute Gasteiger partial charge is 0.380 e. The van der Waals surface area contributed by atoms with Crippen LogP contribution in [0.4, 0.5) is 0 Å². The van der Waals surface area contributed by atoms with Crippen LogP contribution in [-0.4, -0.2) is 11.8 Å². The van der Waals surface area contributed by atoms with Crippen LogP contribution in [0.15, 0.2) is 11.3 Å². The lowest BCUT2D eigenvalue weighted by Crippen LogP contribution is -2.25.